The van der Waals surface area contributed by atoms with E-state index >= 15 is 0 Å². The molecule has 0 fully saturated rings. The van der Waals surface area contributed by atoms with Crippen LogP contribution in [0.1, 0.15) is 32.3 Å². The molecule has 4 heteroatoms. The fourth-order valence-electron chi connectivity index (χ4n) is 1.17. The number of hydrogen-bond acceptors (Lipinski definition) is 3. The highest BCUT2D eigenvalue weighted by atomic mass is 32.1. The summed E-state index contributed by atoms with van der Waals surface area (Å²) < 4.78 is 0. The molecule has 0 aromatic carbocycles. The number of amides is 1. The van der Waals surface area contributed by atoms with Crippen LogP contribution in [0, 0.1) is 0 Å². The van der Waals surface area contributed by atoms with Gasteiger partial charge in [-0.3, -0.25) is 4.79 Å². The summed E-state index contributed by atoms with van der Waals surface area (Å²) >= 11 is 1.60. The van der Waals surface area contributed by atoms with Crippen molar-refractivity contribution in [3.63, 3.8) is 0 Å². The van der Waals surface area contributed by atoms with E-state index in [1.165, 1.54) is 0 Å². The van der Waals surface area contributed by atoms with E-state index in [0.717, 1.165) is 5.56 Å². The zero-order chi connectivity index (χ0) is 11.5. The Labute approximate surface area is 94.7 Å². The Morgan fingerprint density at radius 3 is 2.80 bits per heavy atom. The van der Waals surface area contributed by atoms with Crippen LogP contribution in [-0.4, -0.2) is 18.0 Å². The van der Waals surface area contributed by atoms with E-state index in [9.17, 15) is 4.79 Å². The SMILES string of the molecule is CC(C(=O)NC(C)(C)CN)c1ccsc1. The van der Waals surface area contributed by atoms with E-state index in [4.69, 9.17) is 5.73 Å². The highest BCUT2D eigenvalue weighted by Crippen LogP contribution is 2.19. The van der Waals surface area contributed by atoms with Crippen LogP contribution in [0.4, 0.5) is 0 Å². The minimum atomic E-state index is -0.332. The zero-order valence-corrected chi connectivity index (χ0v) is 10.2. The molecule has 1 heterocycles. The van der Waals surface area contributed by atoms with E-state index in [-0.39, 0.29) is 17.4 Å². The molecule has 0 aliphatic carbocycles. The first kappa shape index (κ1) is 12.2. The number of carbonyl (C=O) groups is 1. The molecule has 1 atom stereocenters. The average molecular weight is 226 g/mol. The van der Waals surface area contributed by atoms with Crippen LogP contribution in [0.3, 0.4) is 0 Å². The standard InChI is InChI=1S/C11H18N2OS/c1-8(9-4-5-15-6-9)10(14)13-11(2,3)7-12/h4-6,8H,7,12H2,1-3H3,(H,13,14). The van der Waals surface area contributed by atoms with Crippen LogP contribution < -0.4 is 11.1 Å². The van der Waals surface area contributed by atoms with Crippen molar-refractivity contribution in [3.05, 3.63) is 22.4 Å². The molecule has 0 saturated heterocycles. The lowest BCUT2D eigenvalue weighted by atomic mass is 10.0. The molecule has 1 unspecified atom stereocenters. The summed E-state index contributed by atoms with van der Waals surface area (Å²) in [5.74, 6) is -0.0778. The highest BCUT2D eigenvalue weighted by molar-refractivity contribution is 7.08. The highest BCUT2D eigenvalue weighted by Gasteiger charge is 2.22. The summed E-state index contributed by atoms with van der Waals surface area (Å²) in [4.78, 5) is 11.9. The molecule has 1 rings (SSSR count). The minimum absolute atomic E-state index is 0.0313. The molecule has 1 aromatic rings. The molecule has 0 spiro atoms. The Hall–Kier alpha value is -0.870. The Morgan fingerprint density at radius 2 is 2.33 bits per heavy atom. The molecule has 0 aliphatic heterocycles. The summed E-state index contributed by atoms with van der Waals surface area (Å²) in [5, 5.41) is 6.91. The van der Waals surface area contributed by atoms with E-state index in [1.54, 1.807) is 11.3 Å². The van der Waals surface area contributed by atoms with Crippen molar-refractivity contribution in [1.82, 2.24) is 5.32 Å². The molecule has 15 heavy (non-hydrogen) atoms. The average Bonchev–Trinajstić information content (AvgIpc) is 2.68. The van der Waals surface area contributed by atoms with Gasteiger partial charge in [0.25, 0.3) is 0 Å². The van der Waals surface area contributed by atoms with Gasteiger partial charge < -0.3 is 11.1 Å². The summed E-state index contributed by atoms with van der Waals surface area (Å²) in [7, 11) is 0. The first-order valence-corrected chi connectivity index (χ1v) is 5.95. The first-order chi connectivity index (χ1) is 6.96. The molecular weight excluding hydrogens is 208 g/mol. The molecule has 0 bridgehead atoms. The lowest BCUT2D eigenvalue weighted by molar-refractivity contribution is -0.123. The summed E-state index contributed by atoms with van der Waals surface area (Å²) in [6, 6.07) is 1.98. The Balaban J connectivity index is 2.62. The smallest absolute Gasteiger partial charge is 0.227 e. The third kappa shape index (κ3) is 3.32. The predicted molar refractivity (Wildman–Crippen MR) is 64.0 cm³/mol. The van der Waals surface area contributed by atoms with Gasteiger partial charge >= 0.3 is 0 Å². The monoisotopic (exact) mass is 226 g/mol. The number of hydrogen-bond donors (Lipinski definition) is 2. The Bertz CT molecular complexity index is 319. The van der Waals surface area contributed by atoms with Gasteiger partial charge in [0.2, 0.25) is 5.91 Å². The van der Waals surface area contributed by atoms with Gasteiger partial charge in [0, 0.05) is 12.1 Å². The molecule has 0 aliphatic rings. The van der Waals surface area contributed by atoms with Gasteiger partial charge in [0.15, 0.2) is 0 Å². The molecular formula is C11H18N2OS. The molecule has 0 radical (unpaired) electrons. The summed E-state index contributed by atoms with van der Waals surface area (Å²) in [6.07, 6.45) is 0. The van der Waals surface area contributed by atoms with Crippen LogP contribution in [0.15, 0.2) is 16.8 Å². The van der Waals surface area contributed by atoms with Crippen molar-refractivity contribution in [2.24, 2.45) is 5.73 Å². The second kappa shape index (κ2) is 4.77. The predicted octanol–water partition coefficient (Wildman–Crippen LogP) is 1.71. The normalized spacial score (nSPS) is 13.6. The summed E-state index contributed by atoms with van der Waals surface area (Å²) in [5.41, 5.74) is 6.29. The molecule has 0 saturated carbocycles. The van der Waals surface area contributed by atoms with Gasteiger partial charge in [-0.2, -0.15) is 11.3 Å². The van der Waals surface area contributed by atoms with Gasteiger partial charge in [0.1, 0.15) is 0 Å². The van der Waals surface area contributed by atoms with Gasteiger partial charge in [-0.15, -0.1) is 0 Å². The number of carbonyl (C=O) groups excluding carboxylic acids is 1. The molecule has 1 aromatic heterocycles. The van der Waals surface area contributed by atoms with Crippen molar-refractivity contribution in [2.75, 3.05) is 6.54 Å². The zero-order valence-electron chi connectivity index (χ0n) is 9.41. The van der Waals surface area contributed by atoms with Crippen LogP contribution >= 0.6 is 11.3 Å². The molecule has 1 amide bonds. The fourth-order valence-corrected chi connectivity index (χ4v) is 1.92. The number of nitrogens with two attached hydrogens (primary N) is 1. The fraction of sp³-hybridized carbons (Fsp3) is 0.545. The third-order valence-electron chi connectivity index (χ3n) is 2.41. The first-order valence-electron chi connectivity index (χ1n) is 5.00. The number of thiophene rings is 1. The van der Waals surface area contributed by atoms with Crippen LogP contribution in [0.25, 0.3) is 0 Å². The quantitative estimate of drug-likeness (QED) is 0.821. The second-order valence-corrected chi connectivity index (χ2v) is 5.14. The second-order valence-electron chi connectivity index (χ2n) is 4.36. The lowest BCUT2D eigenvalue weighted by Crippen LogP contribution is -2.50. The molecule has 3 N–H and O–H groups in total. The Morgan fingerprint density at radius 1 is 1.67 bits per heavy atom. The maximum absolute atomic E-state index is 11.9. The van der Waals surface area contributed by atoms with Gasteiger partial charge in [0.05, 0.1) is 5.92 Å². The topological polar surface area (TPSA) is 55.1 Å². The number of rotatable bonds is 4. The molecule has 3 nitrogen and oxygen atoms in total. The van der Waals surface area contributed by atoms with E-state index < -0.39 is 0 Å². The van der Waals surface area contributed by atoms with Crippen molar-refractivity contribution in [3.8, 4) is 0 Å². The van der Waals surface area contributed by atoms with E-state index in [0.29, 0.717) is 6.54 Å². The minimum Gasteiger partial charge on any atom is -0.349 e. The van der Waals surface area contributed by atoms with Crippen molar-refractivity contribution in [2.45, 2.75) is 32.2 Å². The third-order valence-corrected chi connectivity index (χ3v) is 3.11. The van der Waals surface area contributed by atoms with Gasteiger partial charge in [-0.05, 0) is 43.2 Å². The number of nitrogens with one attached hydrogen (secondary N) is 1. The molecule has 84 valence electrons. The van der Waals surface area contributed by atoms with Crippen molar-refractivity contribution >= 4 is 17.2 Å². The van der Waals surface area contributed by atoms with Gasteiger partial charge in [-0.1, -0.05) is 0 Å². The van der Waals surface area contributed by atoms with E-state index in [2.05, 4.69) is 5.32 Å². The van der Waals surface area contributed by atoms with Crippen LogP contribution in [0.5, 0.6) is 0 Å². The maximum atomic E-state index is 11.9. The van der Waals surface area contributed by atoms with Crippen molar-refractivity contribution < 1.29 is 4.79 Å². The summed E-state index contributed by atoms with van der Waals surface area (Å²) in [6.45, 7) is 6.19. The largest absolute Gasteiger partial charge is 0.349 e. The van der Waals surface area contributed by atoms with Crippen LogP contribution in [0.2, 0.25) is 0 Å². The van der Waals surface area contributed by atoms with Crippen molar-refractivity contribution in [1.29, 1.82) is 0 Å². The van der Waals surface area contributed by atoms with Gasteiger partial charge in [-0.25, -0.2) is 0 Å². The maximum Gasteiger partial charge on any atom is 0.227 e. The Kier molecular flexibility index (Phi) is 3.88. The van der Waals surface area contributed by atoms with E-state index in [1.807, 2.05) is 37.6 Å². The lowest BCUT2D eigenvalue weighted by Gasteiger charge is -2.26. The van der Waals surface area contributed by atoms with Crippen LogP contribution in [-0.2, 0) is 4.79 Å².